The van der Waals surface area contributed by atoms with Crippen molar-refractivity contribution in [2.45, 2.75) is 19.9 Å². The highest BCUT2D eigenvalue weighted by molar-refractivity contribution is 5.86. The summed E-state index contributed by atoms with van der Waals surface area (Å²) in [5.74, 6) is 0.655. The Morgan fingerprint density at radius 2 is 2.29 bits per heavy atom. The molecule has 1 fully saturated rings. The fourth-order valence-electron chi connectivity index (χ4n) is 1.97. The number of aromatic nitrogens is 2. The van der Waals surface area contributed by atoms with Gasteiger partial charge in [-0.15, -0.1) is 0 Å². The van der Waals surface area contributed by atoms with E-state index in [4.69, 9.17) is 0 Å². The molecule has 1 N–H and O–H groups in total. The minimum atomic E-state index is 0.110. The molecule has 0 saturated carbocycles. The molecule has 2 heterocycles. The van der Waals surface area contributed by atoms with Crippen molar-refractivity contribution in [1.82, 2.24) is 15.1 Å². The van der Waals surface area contributed by atoms with E-state index in [2.05, 4.69) is 24.3 Å². The van der Waals surface area contributed by atoms with Crippen LogP contribution < -0.4 is 5.32 Å². The number of nitrogens with zero attached hydrogens (tertiary/aromatic N) is 2. The number of rotatable bonds is 2. The third-order valence-corrected chi connectivity index (χ3v) is 2.76. The molecule has 2 unspecified atom stereocenters. The summed E-state index contributed by atoms with van der Waals surface area (Å²) in [6.45, 7) is 4.15. The molecule has 76 valence electrons. The van der Waals surface area contributed by atoms with Crippen LogP contribution in [0.5, 0.6) is 0 Å². The second-order valence-electron chi connectivity index (χ2n) is 4.20. The van der Waals surface area contributed by atoms with Crippen LogP contribution in [0.2, 0.25) is 0 Å². The van der Waals surface area contributed by atoms with Gasteiger partial charge in [-0.25, -0.2) is 0 Å². The fourth-order valence-corrected chi connectivity index (χ4v) is 1.97. The lowest BCUT2D eigenvalue weighted by molar-refractivity contribution is -0.137. The van der Waals surface area contributed by atoms with E-state index >= 15 is 0 Å². The lowest BCUT2D eigenvalue weighted by atomic mass is 9.79. The van der Waals surface area contributed by atoms with Gasteiger partial charge < -0.3 is 5.32 Å². The lowest BCUT2D eigenvalue weighted by Crippen LogP contribution is -2.53. The van der Waals surface area contributed by atoms with Gasteiger partial charge in [-0.2, -0.15) is 5.10 Å². The van der Waals surface area contributed by atoms with Crippen LogP contribution in [0.25, 0.3) is 0 Å². The van der Waals surface area contributed by atoms with Crippen molar-refractivity contribution >= 4 is 5.91 Å². The summed E-state index contributed by atoms with van der Waals surface area (Å²) in [4.78, 5) is 11.3. The predicted molar refractivity (Wildman–Crippen MR) is 52.4 cm³/mol. The molecule has 2 atom stereocenters. The molecule has 4 heteroatoms. The molecule has 0 bridgehead atoms. The SMILES string of the molecule is CC(C)C1C(=O)NC1c1cnn(C)c1. The van der Waals surface area contributed by atoms with E-state index in [0.717, 1.165) is 5.56 Å². The van der Waals surface area contributed by atoms with Gasteiger partial charge in [-0.1, -0.05) is 13.8 Å². The minimum Gasteiger partial charge on any atom is -0.348 e. The molecule has 0 aliphatic carbocycles. The third kappa shape index (κ3) is 1.31. The van der Waals surface area contributed by atoms with E-state index in [-0.39, 0.29) is 17.9 Å². The van der Waals surface area contributed by atoms with Gasteiger partial charge in [0.05, 0.1) is 18.2 Å². The molecular weight excluding hydrogens is 178 g/mol. The maximum absolute atomic E-state index is 11.3. The molecule has 2 rings (SSSR count). The average Bonchev–Trinajstić information content (AvgIpc) is 2.45. The quantitative estimate of drug-likeness (QED) is 0.708. The van der Waals surface area contributed by atoms with Crippen molar-refractivity contribution in [2.24, 2.45) is 18.9 Å². The molecule has 14 heavy (non-hydrogen) atoms. The van der Waals surface area contributed by atoms with Gasteiger partial charge in [0.1, 0.15) is 0 Å². The number of nitrogens with one attached hydrogen (secondary N) is 1. The number of carbonyl (C=O) groups is 1. The zero-order valence-corrected chi connectivity index (χ0v) is 8.69. The summed E-state index contributed by atoms with van der Waals surface area (Å²) in [7, 11) is 1.88. The van der Waals surface area contributed by atoms with E-state index in [9.17, 15) is 4.79 Å². The van der Waals surface area contributed by atoms with Crippen molar-refractivity contribution < 1.29 is 4.79 Å². The average molecular weight is 193 g/mol. The van der Waals surface area contributed by atoms with Crippen molar-refractivity contribution in [1.29, 1.82) is 0 Å². The minimum absolute atomic E-state index is 0.110. The number of hydrogen-bond acceptors (Lipinski definition) is 2. The van der Waals surface area contributed by atoms with Crippen LogP contribution in [-0.4, -0.2) is 15.7 Å². The second-order valence-corrected chi connectivity index (χ2v) is 4.20. The largest absolute Gasteiger partial charge is 0.348 e. The molecule has 1 aliphatic heterocycles. The molecule has 1 aromatic rings. The Morgan fingerprint density at radius 3 is 2.71 bits per heavy atom. The first-order valence-corrected chi connectivity index (χ1v) is 4.88. The predicted octanol–water partition coefficient (Wildman–Crippen LogP) is 0.863. The van der Waals surface area contributed by atoms with Gasteiger partial charge >= 0.3 is 0 Å². The summed E-state index contributed by atoms with van der Waals surface area (Å²) in [6, 6.07) is 0.163. The maximum atomic E-state index is 11.3. The van der Waals surface area contributed by atoms with E-state index in [0.29, 0.717) is 5.92 Å². The molecule has 0 radical (unpaired) electrons. The van der Waals surface area contributed by atoms with Crippen LogP contribution in [0.1, 0.15) is 25.5 Å². The van der Waals surface area contributed by atoms with Gasteiger partial charge in [0.15, 0.2) is 0 Å². The molecular formula is C10H15N3O. The standard InChI is InChI=1S/C10H15N3O/c1-6(2)8-9(12-10(8)14)7-4-11-13(3)5-7/h4-6,8-9H,1-3H3,(H,12,14). The maximum Gasteiger partial charge on any atom is 0.226 e. The van der Waals surface area contributed by atoms with Crippen LogP contribution >= 0.6 is 0 Å². The highest BCUT2D eigenvalue weighted by Crippen LogP contribution is 2.35. The Hall–Kier alpha value is -1.32. The summed E-state index contributed by atoms with van der Waals surface area (Å²) < 4.78 is 1.76. The van der Waals surface area contributed by atoms with Crippen molar-refractivity contribution in [3.05, 3.63) is 18.0 Å². The summed E-state index contributed by atoms with van der Waals surface area (Å²) in [6.07, 6.45) is 3.78. The second kappa shape index (κ2) is 3.12. The molecule has 1 aromatic heterocycles. The fraction of sp³-hybridized carbons (Fsp3) is 0.600. The molecule has 4 nitrogen and oxygen atoms in total. The van der Waals surface area contributed by atoms with Crippen LogP contribution in [-0.2, 0) is 11.8 Å². The zero-order chi connectivity index (χ0) is 10.3. The number of β-lactam (4-membered cyclic amide) rings is 1. The third-order valence-electron chi connectivity index (χ3n) is 2.76. The van der Waals surface area contributed by atoms with E-state index < -0.39 is 0 Å². The Balaban J connectivity index is 2.17. The monoisotopic (exact) mass is 193 g/mol. The van der Waals surface area contributed by atoms with E-state index in [1.807, 2.05) is 19.4 Å². The highest BCUT2D eigenvalue weighted by Gasteiger charge is 2.42. The normalized spacial score (nSPS) is 26.1. The molecule has 1 aliphatic rings. The van der Waals surface area contributed by atoms with Gasteiger partial charge in [-0.3, -0.25) is 9.48 Å². The molecule has 0 aromatic carbocycles. The first-order chi connectivity index (χ1) is 6.59. The number of amides is 1. The zero-order valence-electron chi connectivity index (χ0n) is 8.69. The van der Waals surface area contributed by atoms with Crippen molar-refractivity contribution in [3.8, 4) is 0 Å². The smallest absolute Gasteiger partial charge is 0.226 e. The summed E-state index contributed by atoms with van der Waals surface area (Å²) in [5.41, 5.74) is 1.10. The molecule has 1 amide bonds. The van der Waals surface area contributed by atoms with E-state index in [1.165, 1.54) is 0 Å². The van der Waals surface area contributed by atoms with E-state index in [1.54, 1.807) is 4.68 Å². The summed E-state index contributed by atoms with van der Waals surface area (Å²) >= 11 is 0. The van der Waals surface area contributed by atoms with Gasteiger partial charge in [0.25, 0.3) is 0 Å². The van der Waals surface area contributed by atoms with Gasteiger partial charge in [0, 0.05) is 18.8 Å². The van der Waals surface area contributed by atoms with Gasteiger partial charge in [-0.05, 0) is 5.92 Å². The van der Waals surface area contributed by atoms with Crippen LogP contribution in [0, 0.1) is 11.8 Å². The van der Waals surface area contributed by atoms with Crippen molar-refractivity contribution in [2.75, 3.05) is 0 Å². The summed E-state index contributed by atoms with van der Waals surface area (Å²) in [5, 5.41) is 7.02. The number of aryl methyl sites for hydroxylation is 1. The van der Waals surface area contributed by atoms with Crippen LogP contribution in [0.4, 0.5) is 0 Å². The Bertz CT molecular complexity index is 356. The first-order valence-electron chi connectivity index (χ1n) is 4.88. The number of carbonyl (C=O) groups excluding carboxylic acids is 1. The molecule has 0 spiro atoms. The lowest BCUT2D eigenvalue weighted by Gasteiger charge is -2.38. The highest BCUT2D eigenvalue weighted by atomic mass is 16.2. The Kier molecular flexibility index (Phi) is 2.06. The van der Waals surface area contributed by atoms with Gasteiger partial charge in [0.2, 0.25) is 5.91 Å². The Labute approximate surface area is 83.3 Å². The van der Waals surface area contributed by atoms with Crippen molar-refractivity contribution in [3.63, 3.8) is 0 Å². The number of hydrogen-bond donors (Lipinski definition) is 1. The topological polar surface area (TPSA) is 46.9 Å². The van der Waals surface area contributed by atoms with Crippen LogP contribution in [0.15, 0.2) is 12.4 Å². The first kappa shape index (κ1) is 9.24. The van der Waals surface area contributed by atoms with Crippen LogP contribution in [0.3, 0.4) is 0 Å². The Morgan fingerprint density at radius 1 is 1.57 bits per heavy atom. The molecule has 1 saturated heterocycles.